The molecular formula is C13H13BrN4O2. The average molecular weight is 337 g/mol. The molecule has 0 bridgehead atoms. The highest BCUT2D eigenvalue weighted by molar-refractivity contribution is 9.10. The largest absolute Gasteiger partial charge is 0.370 e. The predicted molar refractivity (Wildman–Crippen MR) is 82.5 cm³/mol. The van der Waals surface area contributed by atoms with Crippen molar-refractivity contribution in [1.29, 1.82) is 0 Å². The number of nitro groups is 1. The maximum atomic E-state index is 11.1. The topological polar surface area (TPSA) is 80.1 Å². The van der Waals surface area contributed by atoms with E-state index in [9.17, 15) is 10.1 Å². The van der Waals surface area contributed by atoms with Crippen LogP contribution in [0, 0.1) is 10.1 Å². The third-order valence-electron chi connectivity index (χ3n) is 2.56. The van der Waals surface area contributed by atoms with Crippen LogP contribution in [-0.4, -0.2) is 16.5 Å². The van der Waals surface area contributed by atoms with Crippen LogP contribution in [0.4, 0.5) is 23.0 Å². The molecule has 0 fully saturated rings. The number of anilines is 3. The molecule has 1 heterocycles. The monoisotopic (exact) mass is 336 g/mol. The Labute approximate surface area is 124 Å². The number of para-hydroxylation sites is 1. The van der Waals surface area contributed by atoms with Gasteiger partial charge in [-0.3, -0.25) is 10.1 Å². The standard InChI is InChI=1S/C13H13BrN4O2/c1-2-15-12-8-7-11(18(19)20)13(17-12)16-10-6-4-3-5-9(10)14/h3-8H,2H2,1H3,(H2,15,16,17). The van der Waals surface area contributed by atoms with E-state index in [1.54, 1.807) is 6.07 Å². The Bertz CT molecular complexity index is 634. The van der Waals surface area contributed by atoms with Gasteiger partial charge < -0.3 is 10.6 Å². The highest BCUT2D eigenvalue weighted by Crippen LogP contribution is 2.30. The molecule has 0 atom stereocenters. The van der Waals surface area contributed by atoms with E-state index in [-0.39, 0.29) is 11.5 Å². The van der Waals surface area contributed by atoms with Gasteiger partial charge in [0.15, 0.2) is 0 Å². The molecule has 0 saturated carbocycles. The molecule has 0 spiro atoms. The Morgan fingerprint density at radius 1 is 1.30 bits per heavy atom. The zero-order chi connectivity index (χ0) is 14.5. The minimum atomic E-state index is -0.456. The minimum Gasteiger partial charge on any atom is -0.370 e. The van der Waals surface area contributed by atoms with Crippen LogP contribution >= 0.6 is 15.9 Å². The summed E-state index contributed by atoms with van der Waals surface area (Å²) in [5.41, 5.74) is 0.652. The molecule has 6 nitrogen and oxygen atoms in total. The summed E-state index contributed by atoms with van der Waals surface area (Å²) in [6, 6.07) is 10.4. The van der Waals surface area contributed by atoms with Crippen molar-refractivity contribution >= 4 is 38.9 Å². The van der Waals surface area contributed by atoms with Crippen LogP contribution in [-0.2, 0) is 0 Å². The van der Waals surface area contributed by atoms with Gasteiger partial charge in [0.2, 0.25) is 5.82 Å². The van der Waals surface area contributed by atoms with Gasteiger partial charge in [0.1, 0.15) is 5.82 Å². The van der Waals surface area contributed by atoms with E-state index < -0.39 is 4.92 Å². The number of halogens is 1. The first-order chi connectivity index (χ1) is 9.61. The Kier molecular flexibility index (Phi) is 4.52. The molecule has 20 heavy (non-hydrogen) atoms. The number of benzene rings is 1. The lowest BCUT2D eigenvalue weighted by atomic mass is 10.3. The van der Waals surface area contributed by atoms with Gasteiger partial charge in [-0.25, -0.2) is 4.98 Å². The molecule has 0 aliphatic rings. The van der Waals surface area contributed by atoms with Crippen molar-refractivity contribution in [2.75, 3.05) is 17.2 Å². The summed E-state index contributed by atoms with van der Waals surface area (Å²) >= 11 is 3.39. The molecule has 0 saturated heterocycles. The fraction of sp³-hybridized carbons (Fsp3) is 0.154. The SMILES string of the molecule is CCNc1ccc([N+](=O)[O-])c(Nc2ccccc2Br)n1. The maximum absolute atomic E-state index is 11.1. The summed E-state index contributed by atoms with van der Waals surface area (Å²) in [6.45, 7) is 2.63. The molecule has 2 aromatic rings. The summed E-state index contributed by atoms with van der Waals surface area (Å²) in [6.07, 6.45) is 0. The van der Waals surface area contributed by atoms with Crippen molar-refractivity contribution in [2.45, 2.75) is 6.92 Å². The number of aromatic nitrogens is 1. The average Bonchev–Trinajstić information content (AvgIpc) is 2.42. The Morgan fingerprint density at radius 2 is 2.05 bits per heavy atom. The first kappa shape index (κ1) is 14.3. The highest BCUT2D eigenvalue weighted by atomic mass is 79.9. The maximum Gasteiger partial charge on any atom is 0.311 e. The second kappa shape index (κ2) is 6.33. The number of pyridine rings is 1. The van der Waals surface area contributed by atoms with Gasteiger partial charge in [-0.05, 0) is 41.1 Å². The van der Waals surface area contributed by atoms with E-state index >= 15 is 0 Å². The molecule has 1 aromatic carbocycles. The molecule has 1 aromatic heterocycles. The molecule has 2 rings (SSSR count). The van der Waals surface area contributed by atoms with Crippen molar-refractivity contribution < 1.29 is 4.92 Å². The van der Waals surface area contributed by atoms with E-state index in [4.69, 9.17) is 0 Å². The molecule has 7 heteroatoms. The van der Waals surface area contributed by atoms with Crippen LogP contribution in [0.25, 0.3) is 0 Å². The second-order valence-electron chi connectivity index (χ2n) is 3.96. The van der Waals surface area contributed by atoms with Crippen molar-refractivity contribution in [3.05, 3.63) is 51.0 Å². The van der Waals surface area contributed by atoms with Gasteiger partial charge in [-0.1, -0.05) is 12.1 Å². The van der Waals surface area contributed by atoms with Crippen LogP contribution in [0.3, 0.4) is 0 Å². The first-order valence-corrected chi connectivity index (χ1v) is 6.82. The fourth-order valence-corrected chi connectivity index (χ4v) is 2.04. The van der Waals surface area contributed by atoms with Gasteiger partial charge in [-0.15, -0.1) is 0 Å². The molecule has 0 radical (unpaired) electrons. The van der Waals surface area contributed by atoms with Crippen LogP contribution in [0.5, 0.6) is 0 Å². The Balaban J connectivity index is 2.40. The zero-order valence-electron chi connectivity index (χ0n) is 10.8. The third-order valence-corrected chi connectivity index (χ3v) is 3.25. The number of hydrogen-bond donors (Lipinski definition) is 2. The van der Waals surface area contributed by atoms with E-state index in [1.165, 1.54) is 6.07 Å². The summed E-state index contributed by atoms with van der Waals surface area (Å²) < 4.78 is 0.810. The van der Waals surface area contributed by atoms with Crippen LogP contribution in [0.2, 0.25) is 0 Å². The second-order valence-corrected chi connectivity index (χ2v) is 4.81. The molecule has 0 unspecified atom stereocenters. The van der Waals surface area contributed by atoms with Crippen molar-refractivity contribution in [3.8, 4) is 0 Å². The predicted octanol–water partition coefficient (Wildman–Crippen LogP) is 3.93. The summed E-state index contributed by atoms with van der Waals surface area (Å²) in [5.74, 6) is 0.799. The van der Waals surface area contributed by atoms with Gasteiger partial charge in [0.25, 0.3) is 0 Å². The molecular weight excluding hydrogens is 324 g/mol. The first-order valence-electron chi connectivity index (χ1n) is 6.02. The molecule has 0 aliphatic heterocycles. The van der Waals surface area contributed by atoms with Crippen molar-refractivity contribution in [1.82, 2.24) is 4.98 Å². The van der Waals surface area contributed by atoms with Crippen LogP contribution in [0.15, 0.2) is 40.9 Å². The molecule has 0 aliphatic carbocycles. The number of nitrogens with one attached hydrogen (secondary N) is 2. The minimum absolute atomic E-state index is 0.0672. The van der Waals surface area contributed by atoms with Crippen molar-refractivity contribution in [3.63, 3.8) is 0 Å². The Morgan fingerprint density at radius 3 is 2.70 bits per heavy atom. The van der Waals surface area contributed by atoms with Gasteiger partial charge >= 0.3 is 5.69 Å². The summed E-state index contributed by atoms with van der Waals surface area (Å²) in [5, 5.41) is 17.1. The van der Waals surface area contributed by atoms with Crippen LogP contribution < -0.4 is 10.6 Å². The van der Waals surface area contributed by atoms with E-state index in [0.29, 0.717) is 12.4 Å². The normalized spacial score (nSPS) is 10.1. The smallest absolute Gasteiger partial charge is 0.311 e. The van der Waals surface area contributed by atoms with E-state index in [1.807, 2.05) is 31.2 Å². The van der Waals surface area contributed by atoms with E-state index in [2.05, 4.69) is 31.5 Å². The summed E-state index contributed by atoms with van der Waals surface area (Å²) in [7, 11) is 0. The van der Waals surface area contributed by atoms with Gasteiger partial charge in [0, 0.05) is 17.1 Å². The number of nitrogens with zero attached hydrogens (tertiary/aromatic N) is 2. The quantitative estimate of drug-likeness (QED) is 0.638. The van der Waals surface area contributed by atoms with Gasteiger partial charge in [0.05, 0.1) is 10.6 Å². The molecule has 104 valence electrons. The van der Waals surface area contributed by atoms with Gasteiger partial charge in [-0.2, -0.15) is 0 Å². The molecule has 0 amide bonds. The third kappa shape index (κ3) is 3.24. The lowest BCUT2D eigenvalue weighted by molar-refractivity contribution is -0.384. The molecule has 2 N–H and O–H groups in total. The van der Waals surface area contributed by atoms with E-state index in [0.717, 1.165) is 10.2 Å². The van der Waals surface area contributed by atoms with Crippen LogP contribution in [0.1, 0.15) is 6.92 Å². The lowest BCUT2D eigenvalue weighted by Crippen LogP contribution is -2.04. The highest BCUT2D eigenvalue weighted by Gasteiger charge is 2.16. The Hall–Kier alpha value is -2.15. The number of rotatable bonds is 5. The fourth-order valence-electron chi connectivity index (χ4n) is 1.66. The lowest BCUT2D eigenvalue weighted by Gasteiger charge is -2.10. The summed E-state index contributed by atoms with van der Waals surface area (Å²) in [4.78, 5) is 14.8. The number of hydrogen-bond acceptors (Lipinski definition) is 5. The zero-order valence-corrected chi connectivity index (χ0v) is 12.3. The van der Waals surface area contributed by atoms with Crippen molar-refractivity contribution in [2.24, 2.45) is 0 Å².